The smallest absolute Gasteiger partial charge is 0.261 e. The Labute approximate surface area is 170 Å². The van der Waals surface area contributed by atoms with Gasteiger partial charge in [0.15, 0.2) is 0 Å². The number of thiazole rings is 1. The van der Waals surface area contributed by atoms with Crippen LogP contribution in [0.4, 0.5) is 26.0 Å². The number of pyridine rings is 1. The first kappa shape index (κ1) is 20.3. The van der Waals surface area contributed by atoms with Crippen molar-refractivity contribution in [2.24, 2.45) is 0 Å². The van der Waals surface area contributed by atoms with Crippen LogP contribution >= 0.6 is 11.3 Å². The minimum atomic E-state index is -0.920. The molecule has 8 heteroatoms. The monoisotopic (exact) mass is 412 g/mol. The van der Waals surface area contributed by atoms with E-state index >= 15 is 0 Å². The van der Waals surface area contributed by atoms with Crippen LogP contribution in [-0.4, -0.2) is 15.9 Å². The van der Waals surface area contributed by atoms with Crippen LogP contribution in [0.2, 0.25) is 0 Å². The summed E-state index contributed by atoms with van der Waals surface area (Å²) in [6, 6.07) is 12.2. The van der Waals surface area contributed by atoms with E-state index in [9.17, 15) is 13.6 Å². The summed E-state index contributed by atoms with van der Waals surface area (Å²) in [7, 11) is 0. The maximum atomic E-state index is 13.7. The van der Waals surface area contributed by atoms with Gasteiger partial charge in [0.25, 0.3) is 5.91 Å². The predicted octanol–water partition coefficient (Wildman–Crippen LogP) is 5.99. The number of amides is 1. The van der Waals surface area contributed by atoms with Gasteiger partial charge in [-0.1, -0.05) is 26.0 Å². The Morgan fingerprint density at radius 2 is 1.69 bits per heavy atom. The highest BCUT2D eigenvalue weighted by Gasteiger charge is 2.17. The summed E-state index contributed by atoms with van der Waals surface area (Å²) in [5.41, 5.74) is 3.22. The highest BCUT2D eigenvalue weighted by atomic mass is 32.1. The van der Waals surface area contributed by atoms with Crippen molar-refractivity contribution in [3.63, 3.8) is 0 Å². The lowest BCUT2D eigenvalue weighted by Crippen LogP contribution is -2.16. The van der Waals surface area contributed by atoms with Crippen LogP contribution in [0.25, 0.3) is 10.2 Å². The summed E-state index contributed by atoms with van der Waals surface area (Å²) in [6.07, 6.45) is 1.41. The maximum Gasteiger partial charge on any atom is 0.261 e. The molecule has 4 rings (SSSR count). The van der Waals surface area contributed by atoms with E-state index in [1.807, 2.05) is 32.0 Å². The zero-order valence-corrected chi connectivity index (χ0v) is 16.6. The second-order valence-corrected chi connectivity index (χ2v) is 6.47. The van der Waals surface area contributed by atoms with Gasteiger partial charge in [0, 0.05) is 0 Å². The van der Waals surface area contributed by atoms with Crippen molar-refractivity contribution in [3.05, 3.63) is 77.4 Å². The number of hydrogen-bond acceptors (Lipinski definition) is 5. The van der Waals surface area contributed by atoms with Crippen molar-refractivity contribution in [1.82, 2.24) is 9.97 Å². The largest absolute Gasteiger partial charge is 0.339 e. The molecule has 1 amide bonds. The standard InChI is InChI=1S/C19H12F2N4OS.C2H6/c20-12-3-1-4-13(21)17(12)19(26)24-11-7-8-16(22-9-11)25-15-6-2-5-14-18(15)27-10-23-14;1-2/h1-10H,(H,22,25)(H,24,26);1-2H3. The Hall–Kier alpha value is -3.39. The average Bonchev–Trinajstić information content (AvgIpc) is 3.21. The van der Waals surface area contributed by atoms with Crippen molar-refractivity contribution in [3.8, 4) is 0 Å². The molecule has 4 aromatic rings. The quantitative estimate of drug-likeness (QED) is 0.432. The number of hydrogen-bond donors (Lipinski definition) is 2. The number of fused-ring (bicyclic) bond motifs is 1. The molecule has 148 valence electrons. The zero-order valence-electron chi connectivity index (χ0n) is 15.7. The van der Waals surface area contributed by atoms with Crippen LogP contribution < -0.4 is 10.6 Å². The Balaban J connectivity index is 0.00000117. The number of anilines is 3. The number of rotatable bonds is 4. The molecule has 2 N–H and O–H groups in total. The summed E-state index contributed by atoms with van der Waals surface area (Å²) in [6.45, 7) is 4.00. The van der Waals surface area contributed by atoms with Crippen LogP contribution in [0, 0.1) is 11.6 Å². The molecule has 5 nitrogen and oxygen atoms in total. The third-order valence-electron chi connectivity index (χ3n) is 3.83. The van der Waals surface area contributed by atoms with Gasteiger partial charge in [0.2, 0.25) is 0 Å². The van der Waals surface area contributed by atoms with Gasteiger partial charge in [-0.15, -0.1) is 11.3 Å². The van der Waals surface area contributed by atoms with Crippen LogP contribution in [0.5, 0.6) is 0 Å². The number of nitrogens with zero attached hydrogens (tertiary/aromatic N) is 2. The SMILES string of the molecule is CC.O=C(Nc1ccc(Nc2cccc3ncsc23)nc1)c1c(F)cccc1F. The van der Waals surface area contributed by atoms with Gasteiger partial charge in [-0.3, -0.25) is 4.79 Å². The van der Waals surface area contributed by atoms with Crippen molar-refractivity contribution >= 4 is 44.7 Å². The molecule has 0 aliphatic carbocycles. The fourth-order valence-corrected chi connectivity index (χ4v) is 3.33. The second-order valence-electron chi connectivity index (χ2n) is 5.61. The van der Waals surface area contributed by atoms with E-state index in [1.165, 1.54) is 23.6 Å². The number of halogens is 2. The van der Waals surface area contributed by atoms with E-state index in [1.54, 1.807) is 17.6 Å². The molecule has 0 bridgehead atoms. The Morgan fingerprint density at radius 3 is 2.38 bits per heavy atom. The summed E-state index contributed by atoms with van der Waals surface area (Å²) < 4.78 is 28.4. The van der Waals surface area contributed by atoms with E-state index in [0.29, 0.717) is 11.5 Å². The highest BCUT2D eigenvalue weighted by Crippen LogP contribution is 2.28. The maximum absolute atomic E-state index is 13.7. The molecule has 0 saturated carbocycles. The van der Waals surface area contributed by atoms with Gasteiger partial charge in [0.1, 0.15) is 23.0 Å². The van der Waals surface area contributed by atoms with Gasteiger partial charge >= 0.3 is 0 Å². The van der Waals surface area contributed by atoms with Gasteiger partial charge in [-0.2, -0.15) is 0 Å². The lowest BCUT2D eigenvalue weighted by molar-refractivity contribution is 0.101. The van der Waals surface area contributed by atoms with E-state index < -0.39 is 23.1 Å². The van der Waals surface area contributed by atoms with Crippen molar-refractivity contribution in [1.29, 1.82) is 0 Å². The molecule has 0 radical (unpaired) electrons. The first-order valence-corrected chi connectivity index (χ1v) is 9.80. The normalized spacial score (nSPS) is 10.2. The third kappa shape index (κ3) is 4.55. The molecular weight excluding hydrogens is 394 g/mol. The van der Waals surface area contributed by atoms with Gasteiger partial charge < -0.3 is 10.6 Å². The zero-order chi connectivity index (χ0) is 20.8. The minimum Gasteiger partial charge on any atom is -0.339 e. The Kier molecular flexibility index (Phi) is 6.46. The highest BCUT2D eigenvalue weighted by molar-refractivity contribution is 7.17. The molecule has 0 unspecified atom stereocenters. The summed E-state index contributed by atoms with van der Waals surface area (Å²) in [5, 5.41) is 5.63. The van der Waals surface area contributed by atoms with Gasteiger partial charge in [-0.25, -0.2) is 18.7 Å². The number of carbonyl (C=O) groups is 1. The summed E-state index contributed by atoms with van der Waals surface area (Å²) >= 11 is 1.52. The molecule has 2 heterocycles. The number of nitrogens with one attached hydrogen (secondary N) is 2. The minimum absolute atomic E-state index is 0.323. The van der Waals surface area contributed by atoms with E-state index in [0.717, 1.165) is 28.0 Å². The molecule has 29 heavy (non-hydrogen) atoms. The van der Waals surface area contributed by atoms with Gasteiger partial charge in [-0.05, 0) is 36.4 Å². The Bertz CT molecular complexity index is 1110. The average molecular weight is 412 g/mol. The van der Waals surface area contributed by atoms with Crippen LogP contribution in [0.15, 0.2) is 60.2 Å². The van der Waals surface area contributed by atoms with Crippen LogP contribution in [-0.2, 0) is 0 Å². The molecule has 0 spiro atoms. The number of carbonyl (C=O) groups excluding carboxylic acids is 1. The summed E-state index contributed by atoms with van der Waals surface area (Å²) in [5.74, 6) is -2.15. The molecule has 0 aliphatic rings. The summed E-state index contributed by atoms with van der Waals surface area (Å²) in [4.78, 5) is 20.6. The molecular formula is C21H18F2N4OS. The lowest BCUT2D eigenvalue weighted by Gasteiger charge is -2.09. The topological polar surface area (TPSA) is 66.9 Å². The Morgan fingerprint density at radius 1 is 0.966 bits per heavy atom. The van der Waals surface area contributed by atoms with E-state index in [2.05, 4.69) is 20.6 Å². The molecule has 0 atom stereocenters. The van der Waals surface area contributed by atoms with E-state index in [-0.39, 0.29) is 0 Å². The lowest BCUT2D eigenvalue weighted by atomic mass is 10.2. The first-order chi connectivity index (χ1) is 14.1. The molecule has 0 aliphatic heterocycles. The van der Waals surface area contributed by atoms with Crippen LogP contribution in [0.1, 0.15) is 24.2 Å². The molecule has 2 aromatic carbocycles. The molecule has 0 saturated heterocycles. The molecule has 0 fully saturated rings. The number of benzene rings is 2. The van der Waals surface area contributed by atoms with E-state index in [4.69, 9.17) is 0 Å². The fourth-order valence-electron chi connectivity index (χ4n) is 2.57. The molecule has 2 aromatic heterocycles. The van der Waals surface area contributed by atoms with Crippen LogP contribution in [0.3, 0.4) is 0 Å². The van der Waals surface area contributed by atoms with Crippen molar-refractivity contribution in [2.75, 3.05) is 10.6 Å². The predicted molar refractivity (Wildman–Crippen MR) is 113 cm³/mol. The first-order valence-electron chi connectivity index (χ1n) is 8.92. The van der Waals surface area contributed by atoms with Gasteiger partial charge in [0.05, 0.1) is 33.3 Å². The van der Waals surface area contributed by atoms with Crippen molar-refractivity contribution < 1.29 is 13.6 Å². The number of aromatic nitrogens is 2. The fraction of sp³-hybridized carbons (Fsp3) is 0.0952. The second kappa shape index (κ2) is 9.20. The van der Waals surface area contributed by atoms with Crippen molar-refractivity contribution in [2.45, 2.75) is 13.8 Å². The third-order valence-corrected chi connectivity index (χ3v) is 4.71.